The fourth-order valence-electron chi connectivity index (χ4n) is 3.22. The molecule has 0 aromatic carbocycles. The van der Waals surface area contributed by atoms with Crippen LogP contribution in [0.2, 0.25) is 0 Å². The lowest BCUT2D eigenvalue weighted by atomic mass is 9.99. The highest BCUT2D eigenvalue weighted by molar-refractivity contribution is 5.82. The van der Waals surface area contributed by atoms with Gasteiger partial charge in [0.1, 0.15) is 0 Å². The molecule has 0 bridgehead atoms. The van der Waals surface area contributed by atoms with Crippen molar-refractivity contribution in [2.24, 2.45) is 17.8 Å². The molecule has 4 atom stereocenters. The Balaban J connectivity index is 1.56. The van der Waals surface area contributed by atoms with Gasteiger partial charge in [0.05, 0.1) is 0 Å². The van der Waals surface area contributed by atoms with Gasteiger partial charge < -0.3 is 10.6 Å². The Kier molecular flexibility index (Phi) is 6.24. The lowest BCUT2D eigenvalue weighted by Crippen LogP contribution is -2.46. The molecule has 22 heavy (non-hydrogen) atoms. The van der Waals surface area contributed by atoms with Crippen LogP contribution in [0.25, 0.3) is 0 Å². The zero-order chi connectivity index (χ0) is 16.1. The average Bonchev–Trinajstić information content (AvgIpc) is 3.21. The van der Waals surface area contributed by atoms with Gasteiger partial charge in [-0.15, -0.1) is 0 Å². The van der Waals surface area contributed by atoms with Crippen LogP contribution in [-0.2, 0) is 9.59 Å². The molecule has 2 fully saturated rings. The van der Waals surface area contributed by atoms with Crippen molar-refractivity contribution in [1.29, 1.82) is 0 Å². The number of likely N-dealkylation sites (tertiary alicyclic amines) is 1. The van der Waals surface area contributed by atoms with Crippen molar-refractivity contribution in [3.63, 3.8) is 0 Å². The summed E-state index contributed by atoms with van der Waals surface area (Å²) < 4.78 is 0. The molecule has 2 aliphatic rings. The first kappa shape index (κ1) is 17.3. The molecule has 0 spiro atoms. The van der Waals surface area contributed by atoms with Crippen molar-refractivity contribution < 1.29 is 9.59 Å². The van der Waals surface area contributed by atoms with E-state index in [0.29, 0.717) is 31.5 Å². The molecule has 1 saturated carbocycles. The summed E-state index contributed by atoms with van der Waals surface area (Å²) in [5, 5.41) is 5.84. The number of amides is 2. The number of nitrogens with one attached hydrogen (secondary N) is 2. The second-order valence-electron chi connectivity index (χ2n) is 7.26. The first-order valence-electron chi connectivity index (χ1n) is 8.75. The predicted molar refractivity (Wildman–Crippen MR) is 87.3 cm³/mol. The van der Waals surface area contributed by atoms with Crippen LogP contribution in [-0.4, -0.2) is 48.9 Å². The maximum Gasteiger partial charge on any atom is 0.223 e. The minimum atomic E-state index is 0.0288. The fraction of sp³-hybridized carbons (Fsp3) is 0.882. The summed E-state index contributed by atoms with van der Waals surface area (Å²) in [4.78, 5) is 26.0. The van der Waals surface area contributed by atoms with E-state index in [2.05, 4.69) is 36.3 Å². The van der Waals surface area contributed by atoms with Crippen LogP contribution in [0.3, 0.4) is 0 Å². The number of nitrogens with zero attached hydrogens (tertiary/aromatic N) is 1. The number of hydrogen-bond acceptors (Lipinski definition) is 3. The number of carbonyl (C=O) groups excluding carboxylic acids is 2. The number of piperidine rings is 1. The van der Waals surface area contributed by atoms with Crippen molar-refractivity contribution in [3.8, 4) is 0 Å². The van der Waals surface area contributed by atoms with Crippen LogP contribution in [0.15, 0.2) is 0 Å². The van der Waals surface area contributed by atoms with Crippen LogP contribution in [0.1, 0.15) is 46.5 Å². The van der Waals surface area contributed by atoms with Crippen molar-refractivity contribution in [1.82, 2.24) is 15.5 Å². The summed E-state index contributed by atoms with van der Waals surface area (Å²) in [7, 11) is 0. The third-order valence-corrected chi connectivity index (χ3v) is 5.00. The van der Waals surface area contributed by atoms with Gasteiger partial charge in [-0.1, -0.05) is 13.8 Å². The van der Waals surface area contributed by atoms with Crippen LogP contribution in [0.4, 0.5) is 0 Å². The summed E-state index contributed by atoms with van der Waals surface area (Å²) in [5.74, 6) is 1.59. The summed E-state index contributed by atoms with van der Waals surface area (Å²) in [5.41, 5.74) is 0. The third-order valence-electron chi connectivity index (χ3n) is 5.00. The molecule has 1 aliphatic heterocycles. The minimum absolute atomic E-state index is 0.0288. The topological polar surface area (TPSA) is 61.4 Å². The molecule has 5 heteroatoms. The molecule has 0 radical (unpaired) electrons. The quantitative estimate of drug-likeness (QED) is 0.747. The van der Waals surface area contributed by atoms with E-state index < -0.39 is 0 Å². The van der Waals surface area contributed by atoms with Gasteiger partial charge in [0.2, 0.25) is 11.8 Å². The molecule has 2 rings (SSSR count). The lowest BCUT2D eigenvalue weighted by molar-refractivity contribution is -0.123. The molecule has 1 saturated heterocycles. The molecule has 5 nitrogen and oxygen atoms in total. The smallest absolute Gasteiger partial charge is 0.223 e. The van der Waals surface area contributed by atoms with E-state index in [1.165, 1.54) is 12.8 Å². The van der Waals surface area contributed by atoms with Crippen molar-refractivity contribution in [2.45, 2.75) is 52.5 Å². The van der Waals surface area contributed by atoms with Crippen LogP contribution in [0, 0.1) is 17.8 Å². The van der Waals surface area contributed by atoms with Gasteiger partial charge in [0, 0.05) is 38.0 Å². The van der Waals surface area contributed by atoms with Gasteiger partial charge in [-0.3, -0.25) is 14.5 Å². The zero-order valence-electron chi connectivity index (χ0n) is 14.2. The SMILES string of the molecule is C[C@@H]1CCCN([C@H](C)CNC(=O)CCNC(=O)[C@@H]2C[C@@H]2C)C1. The summed E-state index contributed by atoms with van der Waals surface area (Å²) in [6.45, 7) is 9.96. The normalized spacial score (nSPS) is 29.7. The van der Waals surface area contributed by atoms with Crippen LogP contribution < -0.4 is 10.6 Å². The number of rotatable bonds is 7. The highest BCUT2D eigenvalue weighted by Crippen LogP contribution is 2.37. The summed E-state index contributed by atoms with van der Waals surface area (Å²) >= 11 is 0. The second-order valence-corrected chi connectivity index (χ2v) is 7.26. The molecular formula is C17H31N3O2. The van der Waals surface area contributed by atoms with Gasteiger partial charge >= 0.3 is 0 Å². The monoisotopic (exact) mass is 309 g/mol. The Morgan fingerprint density at radius 3 is 2.64 bits per heavy atom. The van der Waals surface area contributed by atoms with Gasteiger partial charge in [-0.05, 0) is 44.6 Å². The van der Waals surface area contributed by atoms with Gasteiger partial charge in [0.25, 0.3) is 0 Å². The zero-order valence-corrected chi connectivity index (χ0v) is 14.2. The molecule has 0 aromatic rings. The van der Waals surface area contributed by atoms with Gasteiger partial charge in [-0.2, -0.15) is 0 Å². The number of hydrogen-bond donors (Lipinski definition) is 2. The van der Waals surface area contributed by atoms with Gasteiger partial charge in [-0.25, -0.2) is 0 Å². The van der Waals surface area contributed by atoms with E-state index in [0.717, 1.165) is 25.4 Å². The lowest BCUT2D eigenvalue weighted by Gasteiger charge is -2.35. The van der Waals surface area contributed by atoms with E-state index in [4.69, 9.17) is 0 Å². The molecule has 2 N–H and O–H groups in total. The second kappa shape index (κ2) is 7.95. The van der Waals surface area contributed by atoms with E-state index in [1.54, 1.807) is 0 Å². The Morgan fingerprint density at radius 2 is 2.00 bits per heavy atom. The Morgan fingerprint density at radius 1 is 1.27 bits per heavy atom. The first-order chi connectivity index (χ1) is 10.5. The Hall–Kier alpha value is -1.10. The minimum Gasteiger partial charge on any atom is -0.355 e. The molecular weight excluding hydrogens is 278 g/mol. The number of carbonyl (C=O) groups is 2. The van der Waals surface area contributed by atoms with E-state index in [-0.39, 0.29) is 17.7 Å². The summed E-state index contributed by atoms with van der Waals surface area (Å²) in [6, 6.07) is 0.383. The maximum absolute atomic E-state index is 11.8. The highest BCUT2D eigenvalue weighted by atomic mass is 16.2. The molecule has 0 aromatic heterocycles. The molecule has 1 aliphatic carbocycles. The first-order valence-corrected chi connectivity index (χ1v) is 8.75. The molecule has 0 unspecified atom stereocenters. The largest absolute Gasteiger partial charge is 0.355 e. The van der Waals surface area contributed by atoms with Crippen LogP contribution in [0.5, 0.6) is 0 Å². The Labute approximate surface area is 134 Å². The van der Waals surface area contributed by atoms with E-state index >= 15 is 0 Å². The average molecular weight is 309 g/mol. The molecule has 126 valence electrons. The molecule has 1 heterocycles. The van der Waals surface area contributed by atoms with Crippen molar-refractivity contribution in [3.05, 3.63) is 0 Å². The molecule has 2 amide bonds. The third kappa shape index (κ3) is 5.27. The van der Waals surface area contributed by atoms with Crippen molar-refractivity contribution in [2.75, 3.05) is 26.2 Å². The van der Waals surface area contributed by atoms with E-state index in [1.807, 2.05) is 0 Å². The van der Waals surface area contributed by atoms with Crippen molar-refractivity contribution >= 4 is 11.8 Å². The highest BCUT2D eigenvalue weighted by Gasteiger charge is 2.38. The van der Waals surface area contributed by atoms with Gasteiger partial charge in [0.15, 0.2) is 0 Å². The Bertz CT molecular complexity index is 399. The standard InChI is InChI=1S/C17H31N3O2/c1-12-5-4-8-20(11-12)14(3)10-19-16(21)6-7-18-17(22)15-9-13(15)2/h12-15H,4-11H2,1-3H3,(H,18,22)(H,19,21)/t12-,13+,14-,15-/m1/s1. The predicted octanol–water partition coefficient (Wildman–Crippen LogP) is 1.39. The van der Waals surface area contributed by atoms with E-state index in [9.17, 15) is 9.59 Å². The fourth-order valence-corrected chi connectivity index (χ4v) is 3.22. The van der Waals surface area contributed by atoms with Crippen LogP contribution >= 0.6 is 0 Å². The maximum atomic E-state index is 11.8. The summed E-state index contributed by atoms with van der Waals surface area (Å²) in [6.07, 6.45) is 3.93.